The highest BCUT2D eigenvalue weighted by atomic mass is 16.5. The number of carbonyl (C=O) groups is 1. The summed E-state index contributed by atoms with van der Waals surface area (Å²) in [7, 11) is 0. The normalized spacial score (nSPS) is 22.9. The Bertz CT molecular complexity index is 545. The molecule has 0 radical (unpaired) electrons. The molecule has 1 heterocycles. The highest BCUT2D eigenvalue weighted by Crippen LogP contribution is 2.32. The molecule has 0 aliphatic heterocycles. The summed E-state index contributed by atoms with van der Waals surface area (Å²) in [5.41, 5.74) is -0.843. The van der Waals surface area contributed by atoms with Crippen molar-refractivity contribution in [3.05, 3.63) is 11.7 Å². The smallest absolute Gasteiger partial charge is 0.248 e. The molecule has 2 aliphatic carbocycles. The molecule has 6 heteroatoms. The number of amides is 1. The lowest BCUT2D eigenvalue weighted by atomic mass is 9.82. The van der Waals surface area contributed by atoms with Crippen molar-refractivity contribution in [2.45, 2.75) is 95.1 Å². The van der Waals surface area contributed by atoms with Crippen molar-refractivity contribution in [3.63, 3.8) is 0 Å². The highest BCUT2D eigenvalue weighted by molar-refractivity contribution is 5.77. The van der Waals surface area contributed by atoms with E-state index in [1.807, 2.05) is 6.92 Å². The predicted octanol–water partition coefficient (Wildman–Crippen LogP) is 3.38. The molecule has 2 saturated carbocycles. The van der Waals surface area contributed by atoms with Crippen LogP contribution in [-0.4, -0.2) is 26.8 Å². The Morgan fingerprint density at radius 2 is 1.92 bits per heavy atom. The van der Waals surface area contributed by atoms with Crippen molar-refractivity contribution < 1.29 is 14.4 Å². The molecular weight excluding hydrogens is 306 g/mol. The summed E-state index contributed by atoms with van der Waals surface area (Å²) in [6, 6.07) is -0.325. The Morgan fingerprint density at radius 3 is 2.62 bits per heavy atom. The van der Waals surface area contributed by atoms with Crippen LogP contribution in [0.1, 0.15) is 101 Å². The lowest BCUT2D eigenvalue weighted by Gasteiger charge is -2.31. The Kier molecular flexibility index (Phi) is 5.54. The maximum absolute atomic E-state index is 12.2. The third-order valence-corrected chi connectivity index (χ3v) is 5.45. The number of hydrogen-bond donors (Lipinski definition) is 2. The minimum absolute atomic E-state index is 0.149. The number of carbonyl (C=O) groups excluding carboxylic acids is 1. The number of nitrogens with zero attached hydrogens (tertiary/aromatic N) is 2. The molecule has 6 nitrogen and oxygen atoms in total. The Hall–Kier alpha value is -1.43. The SMILES string of the molecule is CC(NC(=O)CC1(O)CCCCC1)c1nc(C2CCCCC2)no1. The molecule has 0 aromatic carbocycles. The second-order valence-electron chi connectivity index (χ2n) is 7.58. The molecule has 1 amide bonds. The van der Waals surface area contributed by atoms with Crippen molar-refractivity contribution in [1.29, 1.82) is 0 Å². The second kappa shape index (κ2) is 7.64. The van der Waals surface area contributed by atoms with Crippen molar-refractivity contribution >= 4 is 5.91 Å². The first kappa shape index (κ1) is 17.4. The van der Waals surface area contributed by atoms with Gasteiger partial charge in [0.15, 0.2) is 5.82 Å². The van der Waals surface area contributed by atoms with E-state index in [1.54, 1.807) is 0 Å². The molecule has 1 unspecified atom stereocenters. The zero-order valence-electron chi connectivity index (χ0n) is 14.6. The Morgan fingerprint density at radius 1 is 1.25 bits per heavy atom. The Balaban J connectivity index is 1.53. The number of hydrogen-bond acceptors (Lipinski definition) is 5. The van der Waals surface area contributed by atoms with Crippen LogP contribution in [0.2, 0.25) is 0 Å². The van der Waals surface area contributed by atoms with Crippen LogP contribution in [0, 0.1) is 0 Å². The van der Waals surface area contributed by atoms with Gasteiger partial charge in [0.05, 0.1) is 12.0 Å². The van der Waals surface area contributed by atoms with Gasteiger partial charge in [-0.25, -0.2) is 0 Å². The van der Waals surface area contributed by atoms with Crippen LogP contribution in [0.25, 0.3) is 0 Å². The van der Waals surface area contributed by atoms with Gasteiger partial charge in [0.25, 0.3) is 0 Å². The number of aromatic nitrogens is 2. The average Bonchev–Trinajstić information content (AvgIpc) is 3.06. The summed E-state index contributed by atoms with van der Waals surface area (Å²) in [6.07, 6.45) is 10.7. The lowest BCUT2D eigenvalue weighted by molar-refractivity contribution is -0.128. The lowest BCUT2D eigenvalue weighted by Crippen LogP contribution is -2.39. The average molecular weight is 335 g/mol. The van der Waals surface area contributed by atoms with Crippen LogP contribution < -0.4 is 5.32 Å². The van der Waals surface area contributed by atoms with E-state index < -0.39 is 5.60 Å². The van der Waals surface area contributed by atoms with Crippen LogP contribution in [0.3, 0.4) is 0 Å². The summed E-state index contributed by atoms with van der Waals surface area (Å²) >= 11 is 0. The Labute approximate surface area is 143 Å². The second-order valence-corrected chi connectivity index (χ2v) is 7.58. The van der Waals surface area contributed by atoms with Gasteiger partial charge < -0.3 is 14.9 Å². The van der Waals surface area contributed by atoms with Crippen LogP contribution in [-0.2, 0) is 4.79 Å². The van der Waals surface area contributed by atoms with Crippen LogP contribution in [0.4, 0.5) is 0 Å². The largest absolute Gasteiger partial charge is 0.389 e. The van der Waals surface area contributed by atoms with Gasteiger partial charge in [-0.2, -0.15) is 4.98 Å². The third kappa shape index (κ3) is 4.35. The standard InChI is InChI=1S/C18H29N3O3/c1-13(19-15(22)12-18(23)10-6-3-7-11-18)17-20-16(21-24-17)14-8-4-2-5-9-14/h13-14,23H,2-12H2,1H3,(H,19,22). The van der Waals surface area contributed by atoms with Gasteiger partial charge in [-0.15, -0.1) is 0 Å². The number of nitrogens with one attached hydrogen (secondary N) is 1. The van der Waals surface area contributed by atoms with Crippen molar-refractivity contribution in [3.8, 4) is 0 Å². The quantitative estimate of drug-likeness (QED) is 0.861. The van der Waals surface area contributed by atoms with Crippen LogP contribution >= 0.6 is 0 Å². The minimum atomic E-state index is -0.843. The first-order valence-electron chi connectivity index (χ1n) is 9.41. The predicted molar refractivity (Wildman–Crippen MR) is 89.3 cm³/mol. The molecule has 1 aromatic heterocycles. The molecule has 2 fully saturated rings. The van der Waals surface area contributed by atoms with Gasteiger partial charge in [-0.1, -0.05) is 43.7 Å². The van der Waals surface area contributed by atoms with Gasteiger partial charge in [-0.05, 0) is 32.6 Å². The van der Waals surface area contributed by atoms with E-state index in [9.17, 15) is 9.90 Å². The third-order valence-electron chi connectivity index (χ3n) is 5.45. The van der Waals surface area contributed by atoms with E-state index >= 15 is 0 Å². The molecule has 2 aliphatic rings. The molecule has 2 N–H and O–H groups in total. The zero-order chi connectivity index (χ0) is 17.0. The molecule has 3 rings (SSSR count). The van der Waals surface area contributed by atoms with Gasteiger partial charge in [0.2, 0.25) is 11.8 Å². The molecule has 0 saturated heterocycles. The molecule has 0 spiro atoms. The fraction of sp³-hybridized carbons (Fsp3) is 0.833. The van der Waals surface area contributed by atoms with Crippen molar-refractivity contribution in [2.24, 2.45) is 0 Å². The van der Waals surface area contributed by atoms with E-state index in [4.69, 9.17) is 4.52 Å². The fourth-order valence-electron chi connectivity index (χ4n) is 3.99. The number of rotatable bonds is 5. The van der Waals surface area contributed by atoms with E-state index in [0.717, 1.165) is 37.9 Å². The van der Waals surface area contributed by atoms with E-state index in [0.29, 0.717) is 24.7 Å². The van der Waals surface area contributed by atoms with Gasteiger partial charge in [0, 0.05) is 5.92 Å². The zero-order valence-corrected chi connectivity index (χ0v) is 14.6. The fourth-order valence-corrected chi connectivity index (χ4v) is 3.99. The topological polar surface area (TPSA) is 88.2 Å². The summed E-state index contributed by atoms with van der Waals surface area (Å²) in [6.45, 7) is 1.85. The van der Waals surface area contributed by atoms with Gasteiger partial charge in [0.1, 0.15) is 6.04 Å². The summed E-state index contributed by atoms with van der Waals surface area (Å²) in [4.78, 5) is 16.7. The first-order chi connectivity index (χ1) is 11.6. The molecular formula is C18H29N3O3. The van der Waals surface area contributed by atoms with E-state index in [2.05, 4.69) is 15.5 Å². The molecule has 134 valence electrons. The van der Waals surface area contributed by atoms with Crippen molar-refractivity contribution in [2.75, 3.05) is 0 Å². The van der Waals surface area contributed by atoms with Gasteiger partial charge in [-0.3, -0.25) is 4.79 Å². The summed E-state index contributed by atoms with van der Waals surface area (Å²) in [5, 5.41) is 17.5. The summed E-state index contributed by atoms with van der Waals surface area (Å²) < 4.78 is 5.36. The number of aliphatic hydroxyl groups is 1. The van der Waals surface area contributed by atoms with Crippen molar-refractivity contribution in [1.82, 2.24) is 15.5 Å². The van der Waals surface area contributed by atoms with E-state index in [1.165, 1.54) is 19.3 Å². The molecule has 1 atom stereocenters. The molecule has 0 bridgehead atoms. The maximum atomic E-state index is 12.2. The van der Waals surface area contributed by atoms with Gasteiger partial charge >= 0.3 is 0 Å². The monoisotopic (exact) mass is 335 g/mol. The molecule has 1 aromatic rings. The summed E-state index contributed by atoms with van der Waals surface area (Å²) in [5.74, 6) is 1.47. The first-order valence-corrected chi connectivity index (χ1v) is 9.41. The maximum Gasteiger partial charge on any atom is 0.248 e. The van der Waals surface area contributed by atoms with Crippen LogP contribution in [0.5, 0.6) is 0 Å². The van der Waals surface area contributed by atoms with Crippen LogP contribution in [0.15, 0.2) is 4.52 Å². The minimum Gasteiger partial charge on any atom is -0.389 e. The highest BCUT2D eigenvalue weighted by Gasteiger charge is 2.32. The molecule has 24 heavy (non-hydrogen) atoms. The van der Waals surface area contributed by atoms with E-state index in [-0.39, 0.29) is 18.4 Å².